The van der Waals surface area contributed by atoms with Gasteiger partial charge in [0.1, 0.15) is 0 Å². The van der Waals surface area contributed by atoms with Gasteiger partial charge in [-0.2, -0.15) is 11.5 Å². The number of rotatable bonds is 6. The number of nitrogens with one attached hydrogen (secondary N) is 3. The molecule has 3 nitrogen and oxygen atoms in total. The van der Waals surface area contributed by atoms with Gasteiger partial charge in [0.25, 0.3) is 14.0 Å². The van der Waals surface area contributed by atoms with Crippen molar-refractivity contribution in [1.82, 2.24) is 15.4 Å². The van der Waals surface area contributed by atoms with Crippen molar-refractivity contribution in [2.24, 2.45) is 0 Å². The third-order valence-electron chi connectivity index (χ3n) is 2.79. The van der Waals surface area contributed by atoms with Crippen LogP contribution >= 0.6 is 11.5 Å². The second kappa shape index (κ2) is 7.61. The first-order chi connectivity index (χ1) is 7.26. The van der Waals surface area contributed by atoms with E-state index in [-0.39, 0.29) is 6.40 Å². The number of hydrogen-bond donors (Lipinski definition) is 3. The molecule has 0 saturated carbocycles. The lowest BCUT2D eigenvalue weighted by Gasteiger charge is -2.30. The molecule has 1 fully saturated rings. The quantitative estimate of drug-likeness (QED) is 0.603. The predicted octanol–water partition coefficient (Wildman–Crippen LogP) is 1.57. The van der Waals surface area contributed by atoms with Crippen LogP contribution in [0.1, 0.15) is 39.5 Å². The SMILES string of the molecule is CCCCB1NB(Cl)NB(CCCC)N1. The van der Waals surface area contributed by atoms with Gasteiger partial charge in [-0.15, -0.1) is 0 Å². The third-order valence-corrected chi connectivity index (χ3v) is 3.04. The molecule has 0 amide bonds. The summed E-state index contributed by atoms with van der Waals surface area (Å²) in [5.74, 6) is 0. The monoisotopic (exact) mass is 227 g/mol. The van der Waals surface area contributed by atoms with Crippen LogP contribution in [-0.2, 0) is 0 Å². The summed E-state index contributed by atoms with van der Waals surface area (Å²) in [5, 5.41) is 10.1. The highest BCUT2D eigenvalue weighted by molar-refractivity contribution is 7.12. The molecular weight excluding hydrogens is 206 g/mol. The molecule has 0 aromatic heterocycles. The van der Waals surface area contributed by atoms with Crippen molar-refractivity contribution in [3.05, 3.63) is 0 Å². The van der Waals surface area contributed by atoms with Crippen LogP contribution in [0.25, 0.3) is 0 Å². The van der Waals surface area contributed by atoms with Crippen LogP contribution in [0.5, 0.6) is 0 Å². The third kappa shape index (κ3) is 5.30. The molecule has 0 aliphatic carbocycles. The molecule has 0 aromatic carbocycles. The fourth-order valence-electron chi connectivity index (χ4n) is 1.89. The van der Waals surface area contributed by atoms with Crippen molar-refractivity contribution in [1.29, 1.82) is 0 Å². The Labute approximate surface area is 99.8 Å². The molecule has 0 aromatic rings. The molecule has 1 aliphatic heterocycles. The van der Waals surface area contributed by atoms with Crippen molar-refractivity contribution in [3.63, 3.8) is 0 Å². The molecule has 0 spiro atoms. The first kappa shape index (κ1) is 13.4. The Morgan fingerprint density at radius 3 is 1.73 bits per heavy atom. The van der Waals surface area contributed by atoms with E-state index in [0.29, 0.717) is 14.0 Å². The molecule has 1 rings (SSSR count). The zero-order valence-electron chi connectivity index (χ0n) is 9.85. The summed E-state index contributed by atoms with van der Waals surface area (Å²) in [6.45, 7) is 5.17. The van der Waals surface area contributed by atoms with E-state index in [1.54, 1.807) is 0 Å². The highest BCUT2D eigenvalue weighted by atomic mass is 35.5. The van der Waals surface area contributed by atoms with Crippen LogP contribution in [0, 0.1) is 0 Å². The molecule has 3 N–H and O–H groups in total. The average Bonchev–Trinajstić information content (AvgIpc) is 2.23. The summed E-state index contributed by atoms with van der Waals surface area (Å²) in [5.41, 5.74) is 0. The minimum atomic E-state index is -0.0880. The van der Waals surface area contributed by atoms with Gasteiger partial charge in [-0.1, -0.05) is 39.5 Å². The van der Waals surface area contributed by atoms with Crippen molar-refractivity contribution in [2.45, 2.75) is 52.2 Å². The van der Waals surface area contributed by atoms with Crippen molar-refractivity contribution >= 4 is 31.8 Å². The molecule has 0 atom stereocenters. The van der Waals surface area contributed by atoms with Gasteiger partial charge in [0.15, 0.2) is 0 Å². The lowest BCUT2D eigenvalue weighted by atomic mass is 9.52. The van der Waals surface area contributed by atoms with E-state index in [4.69, 9.17) is 11.5 Å². The molecule has 0 unspecified atom stereocenters. The van der Waals surface area contributed by atoms with Crippen LogP contribution in [0.2, 0.25) is 12.6 Å². The van der Waals surface area contributed by atoms with E-state index in [2.05, 4.69) is 29.3 Å². The van der Waals surface area contributed by atoms with E-state index in [1.165, 1.54) is 25.7 Å². The summed E-state index contributed by atoms with van der Waals surface area (Å²) < 4.78 is 0. The smallest absolute Gasteiger partial charge is 0.371 e. The molecule has 84 valence electrons. The Morgan fingerprint density at radius 2 is 1.33 bits per heavy atom. The lowest BCUT2D eigenvalue weighted by molar-refractivity contribution is 0.846. The minimum absolute atomic E-state index is 0.0880. The Hall–Kier alpha value is 0.365. The number of halogens is 1. The summed E-state index contributed by atoms with van der Waals surface area (Å²) in [4.78, 5) is 0. The first-order valence-corrected chi connectivity index (χ1v) is 6.62. The van der Waals surface area contributed by atoms with Crippen LogP contribution in [-0.4, -0.2) is 20.4 Å². The van der Waals surface area contributed by atoms with Crippen molar-refractivity contribution in [2.75, 3.05) is 0 Å². The van der Waals surface area contributed by atoms with Gasteiger partial charge in [-0.25, -0.2) is 0 Å². The standard InChI is InChI=1S/C8H21B3ClN3/c1-3-5-7-9-13-10(8-6-4-2)15-11(12)14-9/h13-15H,3-8H2,1-2H3. The van der Waals surface area contributed by atoms with Crippen LogP contribution in [0.15, 0.2) is 0 Å². The van der Waals surface area contributed by atoms with Crippen molar-refractivity contribution in [3.8, 4) is 0 Å². The topological polar surface area (TPSA) is 36.1 Å². The van der Waals surface area contributed by atoms with Gasteiger partial charge in [0, 0.05) is 0 Å². The average molecular weight is 227 g/mol. The molecule has 0 radical (unpaired) electrons. The van der Waals surface area contributed by atoms with E-state index in [0.717, 1.165) is 12.6 Å². The van der Waals surface area contributed by atoms with Gasteiger partial charge in [-0.3, -0.25) is 0 Å². The van der Waals surface area contributed by atoms with E-state index in [1.807, 2.05) is 0 Å². The van der Waals surface area contributed by atoms with Gasteiger partial charge in [0.05, 0.1) is 0 Å². The Bertz CT molecular complexity index is 159. The summed E-state index contributed by atoms with van der Waals surface area (Å²) in [6.07, 6.45) is 7.19. The first-order valence-electron chi connectivity index (χ1n) is 6.18. The second-order valence-corrected chi connectivity index (χ2v) is 4.69. The summed E-state index contributed by atoms with van der Waals surface area (Å²) in [7, 11) is 0. The Kier molecular flexibility index (Phi) is 6.81. The molecular formula is C8H21B3ClN3. The predicted molar refractivity (Wildman–Crippen MR) is 72.0 cm³/mol. The molecule has 0 bridgehead atoms. The van der Waals surface area contributed by atoms with Gasteiger partial charge in [-0.05, 0) is 12.6 Å². The molecule has 1 aliphatic rings. The molecule has 1 saturated heterocycles. The van der Waals surface area contributed by atoms with E-state index in [9.17, 15) is 0 Å². The van der Waals surface area contributed by atoms with Gasteiger partial charge >= 0.3 is 6.40 Å². The van der Waals surface area contributed by atoms with Crippen LogP contribution < -0.4 is 15.4 Å². The fourth-order valence-corrected chi connectivity index (χ4v) is 2.19. The van der Waals surface area contributed by atoms with Crippen molar-refractivity contribution < 1.29 is 0 Å². The van der Waals surface area contributed by atoms with E-state index >= 15 is 0 Å². The highest BCUT2D eigenvalue weighted by Crippen LogP contribution is 2.05. The zero-order valence-corrected chi connectivity index (χ0v) is 10.6. The normalized spacial score (nSPS) is 17.4. The second-order valence-electron chi connectivity index (χ2n) is 4.25. The summed E-state index contributed by atoms with van der Waals surface area (Å²) in [6, 6.07) is 0. The molecule has 15 heavy (non-hydrogen) atoms. The largest absolute Gasteiger partial charge is 0.393 e. The lowest BCUT2D eigenvalue weighted by Crippen LogP contribution is -2.72. The van der Waals surface area contributed by atoms with Gasteiger partial charge < -0.3 is 15.4 Å². The molecule has 1 heterocycles. The minimum Gasteiger partial charge on any atom is -0.371 e. The Morgan fingerprint density at radius 1 is 0.867 bits per heavy atom. The maximum atomic E-state index is 6.10. The number of unbranched alkanes of at least 4 members (excludes halogenated alkanes) is 2. The maximum Gasteiger partial charge on any atom is 0.393 e. The maximum absolute atomic E-state index is 6.10. The van der Waals surface area contributed by atoms with Crippen LogP contribution in [0.4, 0.5) is 0 Å². The summed E-state index contributed by atoms with van der Waals surface area (Å²) >= 11 is 6.10. The van der Waals surface area contributed by atoms with E-state index < -0.39 is 0 Å². The fraction of sp³-hybridized carbons (Fsp3) is 1.00. The number of hydrogen-bond acceptors (Lipinski definition) is 3. The van der Waals surface area contributed by atoms with Gasteiger partial charge in [0.2, 0.25) is 0 Å². The highest BCUT2D eigenvalue weighted by Gasteiger charge is 2.32. The molecule has 7 heteroatoms. The zero-order chi connectivity index (χ0) is 11.1. The Balaban J connectivity index is 2.27. The van der Waals surface area contributed by atoms with Crippen LogP contribution in [0.3, 0.4) is 0 Å².